The van der Waals surface area contributed by atoms with Crippen LogP contribution in [0.5, 0.6) is 0 Å². The van der Waals surface area contributed by atoms with E-state index < -0.39 is 5.91 Å². The number of anilines is 5. The Kier molecular flexibility index (Phi) is 7.31. The Labute approximate surface area is 244 Å². The number of amides is 1. The quantitative estimate of drug-likeness (QED) is 0.169. The molecule has 2 aromatic heterocycles. The molecule has 1 aliphatic heterocycles. The van der Waals surface area contributed by atoms with Crippen molar-refractivity contribution in [1.82, 2.24) is 20.0 Å². The number of hydrogen-bond donors (Lipinski definition) is 3. The summed E-state index contributed by atoms with van der Waals surface area (Å²) in [6, 6.07) is 27.0. The number of nitrogens with zero attached hydrogens (tertiary/aromatic N) is 5. The molecule has 0 atom stereocenters. The molecule has 0 aliphatic carbocycles. The van der Waals surface area contributed by atoms with Crippen LogP contribution in [0.15, 0.2) is 112 Å². The number of rotatable bonds is 8. The van der Waals surface area contributed by atoms with Gasteiger partial charge in [0.15, 0.2) is 5.84 Å². The highest BCUT2D eigenvalue weighted by molar-refractivity contribution is 6.31. The summed E-state index contributed by atoms with van der Waals surface area (Å²) in [7, 11) is 0. The van der Waals surface area contributed by atoms with Crippen LogP contribution in [-0.2, 0) is 4.79 Å². The molecule has 202 valence electrons. The molecule has 12 heteroatoms. The Morgan fingerprint density at radius 1 is 0.732 bits per heavy atom. The number of halogens is 2. The van der Waals surface area contributed by atoms with Crippen LogP contribution in [0.3, 0.4) is 0 Å². The van der Waals surface area contributed by atoms with E-state index in [0.29, 0.717) is 38.6 Å². The number of hydrazine groups is 1. The Bertz CT molecular complexity index is 1710. The number of carbonyl (C=O) groups excluding carboxylic acids is 1. The number of nitrogens with one attached hydrogen (secondary N) is 3. The first-order valence-electron chi connectivity index (χ1n) is 12.3. The molecule has 6 rings (SSSR count). The van der Waals surface area contributed by atoms with E-state index in [1.54, 1.807) is 54.6 Å². The van der Waals surface area contributed by atoms with Crippen molar-refractivity contribution in [1.29, 1.82) is 0 Å². The largest absolute Gasteiger partial charge is 0.465 e. The van der Waals surface area contributed by atoms with Crippen molar-refractivity contribution in [2.45, 2.75) is 0 Å². The third kappa shape index (κ3) is 6.19. The molecule has 0 fully saturated rings. The maximum atomic E-state index is 13.6. The van der Waals surface area contributed by atoms with Crippen LogP contribution >= 0.6 is 23.2 Å². The topological polar surface area (TPSA) is 121 Å². The molecule has 41 heavy (non-hydrogen) atoms. The van der Waals surface area contributed by atoms with Crippen molar-refractivity contribution in [3.05, 3.63) is 124 Å². The van der Waals surface area contributed by atoms with Gasteiger partial charge >= 0.3 is 0 Å². The van der Waals surface area contributed by atoms with Crippen molar-refractivity contribution in [3.8, 4) is 0 Å². The Balaban J connectivity index is 1.37. The molecule has 0 spiro atoms. The monoisotopic (exact) mass is 582 g/mol. The molecule has 3 aromatic carbocycles. The van der Waals surface area contributed by atoms with E-state index in [9.17, 15) is 4.79 Å². The highest BCUT2D eigenvalue weighted by Crippen LogP contribution is 2.25. The second-order valence-corrected chi connectivity index (χ2v) is 9.55. The number of carbonyl (C=O) groups is 1. The summed E-state index contributed by atoms with van der Waals surface area (Å²) in [5, 5.41) is 8.63. The third-order valence-electron chi connectivity index (χ3n) is 5.72. The molecule has 1 amide bonds. The molecule has 3 heterocycles. The van der Waals surface area contributed by atoms with E-state index >= 15 is 0 Å². The van der Waals surface area contributed by atoms with Gasteiger partial charge in [0, 0.05) is 33.1 Å². The summed E-state index contributed by atoms with van der Waals surface area (Å²) in [4.78, 5) is 31.6. The van der Waals surface area contributed by atoms with Crippen molar-refractivity contribution in [3.63, 3.8) is 0 Å². The minimum atomic E-state index is -0.422. The summed E-state index contributed by atoms with van der Waals surface area (Å²) in [6.07, 6.45) is 3.09. The molecule has 0 saturated heterocycles. The van der Waals surface area contributed by atoms with Gasteiger partial charge < -0.3 is 15.1 Å². The number of amidine groups is 1. The summed E-state index contributed by atoms with van der Waals surface area (Å²) in [5.41, 5.74) is 5.22. The predicted octanol–water partition coefficient (Wildman–Crippen LogP) is 6.92. The maximum Gasteiger partial charge on any atom is 0.297 e. The summed E-state index contributed by atoms with van der Waals surface area (Å²) in [5.74, 6) is 0.908. The van der Waals surface area contributed by atoms with E-state index in [1.165, 1.54) is 11.3 Å². The van der Waals surface area contributed by atoms with Gasteiger partial charge in [-0.15, -0.1) is 0 Å². The molecule has 0 saturated carbocycles. The smallest absolute Gasteiger partial charge is 0.297 e. The van der Waals surface area contributed by atoms with E-state index in [2.05, 4.69) is 36.0 Å². The first-order valence-corrected chi connectivity index (χ1v) is 13.1. The van der Waals surface area contributed by atoms with Crippen molar-refractivity contribution < 1.29 is 9.21 Å². The number of aromatic nitrogens is 3. The Hall–Kier alpha value is -5.19. The van der Waals surface area contributed by atoms with Gasteiger partial charge in [0.05, 0.1) is 6.26 Å². The van der Waals surface area contributed by atoms with E-state index in [-0.39, 0.29) is 23.5 Å². The van der Waals surface area contributed by atoms with Crippen LogP contribution in [0.2, 0.25) is 10.0 Å². The van der Waals surface area contributed by atoms with Crippen molar-refractivity contribution in [2.75, 3.05) is 16.1 Å². The average Bonchev–Trinajstić information content (AvgIpc) is 3.58. The third-order valence-corrected chi connectivity index (χ3v) is 6.19. The van der Waals surface area contributed by atoms with Gasteiger partial charge in [-0.2, -0.15) is 20.0 Å². The van der Waals surface area contributed by atoms with Crippen LogP contribution in [0.4, 0.5) is 29.2 Å². The fourth-order valence-corrected chi connectivity index (χ4v) is 4.32. The minimum Gasteiger partial charge on any atom is -0.465 e. The van der Waals surface area contributed by atoms with Gasteiger partial charge in [-0.25, -0.2) is 4.99 Å². The van der Waals surface area contributed by atoms with E-state index in [4.69, 9.17) is 27.6 Å². The molecule has 3 N–H and O–H groups in total. The van der Waals surface area contributed by atoms with E-state index in [0.717, 1.165) is 0 Å². The summed E-state index contributed by atoms with van der Waals surface area (Å²) in [6.45, 7) is 0. The van der Waals surface area contributed by atoms with Gasteiger partial charge in [0.2, 0.25) is 17.8 Å². The van der Waals surface area contributed by atoms with Gasteiger partial charge in [-0.05, 0) is 48.5 Å². The summed E-state index contributed by atoms with van der Waals surface area (Å²) >= 11 is 12.3. The lowest BCUT2D eigenvalue weighted by Gasteiger charge is -2.20. The Morgan fingerprint density at radius 3 is 1.95 bits per heavy atom. The molecule has 10 nitrogen and oxygen atoms in total. The average molecular weight is 583 g/mol. The lowest BCUT2D eigenvalue weighted by Crippen LogP contribution is -2.38. The fourth-order valence-electron chi connectivity index (χ4n) is 3.94. The second-order valence-electron chi connectivity index (χ2n) is 8.68. The van der Waals surface area contributed by atoms with Gasteiger partial charge in [-0.3, -0.25) is 10.2 Å². The van der Waals surface area contributed by atoms with Crippen LogP contribution in [0.1, 0.15) is 11.3 Å². The molecular weight excluding hydrogens is 563 g/mol. The maximum absolute atomic E-state index is 13.6. The SMILES string of the molecule is O=C1/C(=C\c2ccco2)N=C(c2ccccc2)N1Nc1nc(Nc2cccc(Cl)c2)nc(Nc2cccc(Cl)c2)n1. The normalized spacial score (nSPS) is 13.8. The van der Waals surface area contributed by atoms with Crippen LogP contribution in [0, 0.1) is 0 Å². The predicted molar refractivity (Wildman–Crippen MR) is 159 cm³/mol. The summed E-state index contributed by atoms with van der Waals surface area (Å²) < 4.78 is 5.39. The van der Waals surface area contributed by atoms with E-state index in [1.807, 2.05) is 42.5 Å². The highest BCUT2D eigenvalue weighted by atomic mass is 35.5. The van der Waals surface area contributed by atoms with Crippen molar-refractivity contribution in [2.24, 2.45) is 4.99 Å². The highest BCUT2D eigenvalue weighted by Gasteiger charge is 2.32. The van der Waals surface area contributed by atoms with Crippen LogP contribution < -0.4 is 16.1 Å². The number of aliphatic imine (C=N–C) groups is 1. The standard InChI is InChI=1S/C29H20Cl2N8O2/c30-19-9-4-11-21(15-19)32-27-35-28(33-22-12-5-10-20(31)16-22)37-29(36-27)38-39-25(18-7-2-1-3-8-18)34-24(26(39)40)17-23-13-6-14-41-23/h1-17H,(H3,32,33,35,36,37,38)/b24-17+. The van der Waals surface area contributed by atoms with Crippen molar-refractivity contribution >= 4 is 70.2 Å². The van der Waals surface area contributed by atoms with Crippen LogP contribution in [-0.4, -0.2) is 31.7 Å². The van der Waals surface area contributed by atoms with Gasteiger partial charge in [-0.1, -0.05) is 65.7 Å². The first kappa shape index (κ1) is 26.1. The molecule has 0 radical (unpaired) electrons. The van der Waals surface area contributed by atoms with Crippen LogP contribution in [0.25, 0.3) is 6.08 Å². The zero-order valence-corrected chi connectivity index (χ0v) is 22.6. The fraction of sp³-hybridized carbons (Fsp3) is 0. The first-order chi connectivity index (χ1) is 20.0. The lowest BCUT2D eigenvalue weighted by molar-refractivity contribution is -0.121. The molecule has 0 bridgehead atoms. The molecular formula is C29H20Cl2N8O2. The zero-order chi connectivity index (χ0) is 28.2. The molecule has 5 aromatic rings. The Morgan fingerprint density at radius 2 is 1.37 bits per heavy atom. The second kappa shape index (κ2) is 11.5. The number of furan rings is 1. The molecule has 1 aliphatic rings. The number of benzene rings is 3. The van der Waals surface area contributed by atoms with Gasteiger partial charge in [0.1, 0.15) is 11.5 Å². The zero-order valence-electron chi connectivity index (χ0n) is 21.1. The van der Waals surface area contributed by atoms with Gasteiger partial charge in [0.25, 0.3) is 5.91 Å². The molecule has 0 unspecified atom stereocenters. The number of hydrogen-bond acceptors (Lipinski definition) is 9. The lowest BCUT2D eigenvalue weighted by atomic mass is 10.2. The minimum absolute atomic E-state index is 0.0743.